The van der Waals surface area contributed by atoms with E-state index < -0.39 is 0 Å². The van der Waals surface area contributed by atoms with Crippen molar-refractivity contribution >= 4 is 40.3 Å². The topological polar surface area (TPSA) is 120 Å². The first-order chi connectivity index (χ1) is 21.3. The fourth-order valence-electron chi connectivity index (χ4n) is 5.23. The number of carbonyl (C=O) groups is 1. The predicted molar refractivity (Wildman–Crippen MR) is 172 cm³/mol. The van der Waals surface area contributed by atoms with Gasteiger partial charge in [0.1, 0.15) is 0 Å². The number of ether oxygens (including phenoxy) is 1. The Morgan fingerprint density at radius 2 is 1.52 bits per heavy atom. The Hall–Kier alpha value is -5.06. The second-order valence-electron chi connectivity index (χ2n) is 10.3. The van der Waals surface area contributed by atoms with E-state index in [1.54, 1.807) is 67.2 Å². The van der Waals surface area contributed by atoms with Gasteiger partial charge in [-0.3, -0.25) is 14.3 Å². The lowest BCUT2D eigenvalue weighted by atomic mass is 9.95. The Kier molecular flexibility index (Phi) is 8.10. The zero-order valence-corrected chi connectivity index (χ0v) is 25.0. The van der Waals surface area contributed by atoms with Crippen molar-refractivity contribution in [1.29, 1.82) is 0 Å². The lowest BCUT2D eigenvalue weighted by molar-refractivity contribution is 0.103. The smallest absolute Gasteiger partial charge is 0.299 e. The average Bonchev–Trinajstić information content (AvgIpc) is 3.27. The normalized spacial score (nSPS) is 13.5. The van der Waals surface area contributed by atoms with Gasteiger partial charge in [0.15, 0.2) is 23.0 Å². The third-order valence-corrected chi connectivity index (χ3v) is 7.91. The van der Waals surface area contributed by atoms with Crippen molar-refractivity contribution in [1.82, 2.24) is 14.3 Å². The van der Waals surface area contributed by atoms with E-state index in [0.717, 1.165) is 0 Å². The molecule has 0 amide bonds. The molecule has 3 heterocycles. The SMILES string of the molecule is Cc1c(N=Nc2c(N3CCOCC3)nc(-c3ccc(Cl)cc3)c(C(=O)c3ccccc3)c2N)c(=O)n(-c2ccccc2)n1C. The van der Waals surface area contributed by atoms with Gasteiger partial charge in [-0.15, -0.1) is 10.2 Å². The van der Waals surface area contributed by atoms with Crippen molar-refractivity contribution in [3.63, 3.8) is 0 Å². The van der Waals surface area contributed by atoms with E-state index in [2.05, 4.69) is 10.2 Å². The second-order valence-corrected chi connectivity index (χ2v) is 10.8. The predicted octanol–water partition coefficient (Wildman–Crippen LogP) is 6.27. The molecular weight excluding hydrogens is 578 g/mol. The Morgan fingerprint density at radius 3 is 2.18 bits per heavy atom. The summed E-state index contributed by atoms with van der Waals surface area (Å²) in [6.07, 6.45) is 0. The van der Waals surface area contributed by atoms with Crippen molar-refractivity contribution < 1.29 is 9.53 Å². The third-order valence-electron chi connectivity index (χ3n) is 7.66. The molecule has 0 aliphatic carbocycles. The molecule has 0 unspecified atom stereocenters. The fraction of sp³-hybridized carbons (Fsp3) is 0.182. The minimum atomic E-state index is -0.335. The van der Waals surface area contributed by atoms with Crippen LogP contribution in [-0.4, -0.2) is 46.4 Å². The molecule has 5 aromatic rings. The minimum absolute atomic E-state index is 0.112. The highest BCUT2D eigenvalue weighted by atomic mass is 35.5. The van der Waals surface area contributed by atoms with Gasteiger partial charge in [-0.2, -0.15) is 0 Å². The summed E-state index contributed by atoms with van der Waals surface area (Å²) in [5, 5.41) is 9.56. The van der Waals surface area contributed by atoms with Gasteiger partial charge in [0.2, 0.25) is 0 Å². The molecule has 11 heteroatoms. The van der Waals surface area contributed by atoms with E-state index in [4.69, 9.17) is 27.1 Å². The number of carbonyl (C=O) groups excluding carboxylic acids is 1. The van der Waals surface area contributed by atoms with Gasteiger partial charge >= 0.3 is 0 Å². The summed E-state index contributed by atoms with van der Waals surface area (Å²) in [5.74, 6) is 0.133. The number of azo groups is 1. The molecule has 6 rings (SSSR count). The van der Waals surface area contributed by atoms with E-state index in [9.17, 15) is 9.59 Å². The molecule has 2 N–H and O–H groups in total. The zero-order chi connectivity index (χ0) is 30.8. The highest BCUT2D eigenvalue weighted by Crippen LogP contribution is 2.42. The molecular formula is C33H30ClN7O3. The van der Waals surface area contributed by atoms with Gasteiger partial charge in [0.05, 0.1) is 41.5 Å². The lowest BCUT2D eigenvalue weighted by Crippen LogP contribution is -2.37. The molecule has 44 heavy (non-hydrogen) atoms. The number of hydrogen-bond donors (Lipinski definition) is 1. The molecule has 0 atom stereocenters. The molecule has 0 saturated carbocycles. The highest BCUT2D eigenvalue weighted by Gasteiger charge is 2.28. The lowest BCUT2D eigenvalue weighted by Gasteiger charge is -2.30. The molecule has 1 aliphatic heterocycles. The molecule has 1 fully saturated rings. The molecule has 0 spiro atoms. The summed E-state index contributed by atoms with van der Waals surface area (Å²) in [7, 11) is 1.79. The number of nitrogens with zero attached hydrogens (tertiary/aromatic N) is 6. The molecule has 2 aromatic heterocycles. The third kappa shape index (κ3) is 5.41. The Labute approximate surface area is 259 Å². The first-order valence-electron chi connectivity index (χ1n) is 14.1. The van der Waals surface area contributed by atoms with E-state index in [0.29, 0.717) is 65.3 Å². The van der Waals surface area contributed by atoms with Gasteiger partial charge in [-0.25, -0.2) is 9.67 Å². The fourth-order valence-corrected chi connectivity index (χ4v) is 5.35. The number of halogens is 1. The van der Waals surface area contributed by atoms with E-state index in [-0.39, 0.29) is 34.0 Å². The number of benzene rings is 3. The number of pyridine rings is 1. The largest absolute Gasteiger partial charge is 0.396 e. The van der Waals surface area contributed by atoms with Crippen LogP contribution in [0.15, 0.2) is 100.0 Å². The molecule has 1 aliphatic rings. The molecule has 3 aromatic carbocycles. The van der Waals surface area contributed by atoms with Gasteiger partial charge in [-0.1, -0.05) is 72.3 Å². The first-order valence-corrected chi connectivity index (χ1v) is 14.5. The number of aromatic nitrogens is 3. The molecule has 0 bridgehead atoms. The van der Waals surface area contributed by atoms with Crippen LogP contribution in [0.2, 0.25) is 5.02 Å². The summed E-state index contributed by atoms with van der Waals surface area (Å²) >= 11 is 6.19. The molecule has 222 valence electrons. The van der Waals surface area contributed by atoms with Gasteiger partial charge in [0.25, 0.3) is 5.56 Å². The van der Waals surface area contributed by atoms with Crippen LogP contribution in [0.4, 0.5) is 22.9 Å². The quantitative estimate of drug-likeness (QED) is 0.172. The zero-order valence-electron chi connectivity index (χ0n) is 24.3. The number of rotatable bonds is 7. The number of para-hydroxylation sites is 1. The summed E-state index contributed by atoms with van der Waals surface area (Å²) in [4.78, 5) is 34.6. The number of hydrogen-bond acceptors (Lipinski definition) is 8. The Morgan fingerprint density at radius 1 is 0.909 bits per heavy atom. The second kappa shape index (κ2) is 12.3. The number of nitrogen functional groups attached to an aromatic ring is 1. The summed E-state index contributed by atoms with van der Waals surface area (Å²) in [5.41, 5.74) is 10.0. The van der Waals surface area contributed by atoms with E-state index in [1.165, 1.54) is 4.68 Å². The number of morpholine rings is 1. The van der Waals surface area contributed by atoms with Crippen LogP contribution in [0.3, 0.4) is 0 Å². The summed E-state index contributed by atoms with van der Waals surface area (Å²) < 4.78 is 8.84. The number of anilines is 2. The Balaban J connectivity index is 1.57. The highest BCUT2D eigenvalue weighted by molar-refractivity contribution is 6.30. The van der Waals surface area contributed by atoms with Gasteiger partial charge in [0, 0.05) is 36.3 Å². The number of nitrogens with two attached hydrogens (primary N) is 1. The van der Waals surface area contributed by atoms with E-state index in [1.807, 2.05) is 41.3 Å². The molecule has 1 saturated heterocycles. The van der Waals surface area contributed by atoms with Crippen LogP contribution in [0.1, 0.15) is 21.6 Å². The first kappa shape index (κ1) is 29.0. The maximum absolute atomic E-state index is 14.0. The van der Waals surface area contributed by atoms with E-state index >= 15 is 0 Å². The summed E-state index contributed by atoms with van der Waals surface area (Å²) in [6, 6.07) is 25.2. The van der Waals surface area contributed by atoms with Gasteiger partial charge < -0.3 is 15.4 Å². The summed E-state index contributed by atoms with van der Waals surface area (Å²) in [6.45, 7) is 3.84. The van der Waals surface area contributed by atoms with Crippen LogP contribution in [0.5, 0.6) is 0 Å². The average molecular weight is 608 g/mol. The Bertz CT molecular complexity index is 1910. The monoisotopic (exact) mass is 607 g/mol. The van der Waals surface area contributed by atoms with Crippen LogP contribution >= 0.6 is 11.6 Å². The van der Waals surface area contributed by atoms with Crippen LogP contribution in [-0.2, 0) is 11.8 Å². The number of ketones is 1. The standard InChI is InChI=1S/C33H30ClN7O3/c1-21-28(33(43)41(39(21)2)25-11-7-4-8-12-25)37-38-30-27(35)26(31(42)23-9-5-3-6-10-23)29(22-13-15-24(34)16-14-22)36-32(30)40-17-19-44-20-18-40/h3-16H,17-20H2,1-2H3,(H2,35,36). The van der Waals surface area contributed by atoms with Gasteiger partial charge in [-0.05, 0) is 31.2 Å². The van der Waals surface area contributed by atoms with Crippen molar-refractivity contribution in [2.75, 3.05) is 36.9 Å². The van der Waals surface area contributed by atoms with Crippen molar-refractivity contribution in [3.8, 4) is 16.9 Å². The van der Waals surface area contributed by atoms with Crippen molar-refractivity contribution in [3.05, 3.63) is 117 Å². The van der Waals surface area contributed by atoms with Crippen LogP contribution in [0.25, 0.3) is 16.9 Å². The van der Waals surface area contributed by atoms with Crippen LogP contribution < -0.4 is 16.2 Å². The molecule has 0 radical (unpaired) electrons. The maximum atomic E-state index is 14.0. The van der Waals surface area contributed by atoms with Crippen molar-refractivity contribution in [2.45, 2.75) is 6.92 Å². The minimum Gasteiger partial charge on any atom is -0.396 e. The van der Waals surface area contributed by atoms with Crippen molar-refractivity contribution in [2.24, 2.45) is 17.3 Å². The molecule has 10 nitrogen and oxygen atoms in total. The maximum Gasteiger partial charge on any atom is 0.299 e. The van der Waals surface area contributed by atoms with Crippen LogP contribution in [0, 0.1) is 6.92 Å².